The molecule has 0 spiro atoms. The van der Waals surface area contributed by atoms with Crippen molar-refractivity contribution in [3.05, 3.63) is 28.2 Å². The number of alkyl halides is 1. The molecule has 2 nitrogen and oxygen atoms in total. The lowest BCUT2D eigenvalue weighted by atomic mass is 10.2. The maximum absolute atomic E-state index is 7.20. The molecule has 0 unspecified atom stereocenters. The van der Waals surface area contributed by atoms with Crippen LogP contribution in [0.25, 0.3) is 0 Å². The Kier molecular flexibility index (Phi) is 4.25. The van der Waals surface area contributed by atoms with Gasteiger partial charge in [0.25, 0.3) is 0 Å². The molecular weight excluding hydrogens is 251 g/mol. The molecule has 0 heterocycles. The zero-order valence-corrected chi connectivity index (χ0v) is 9.32. The van der Waals surface area contributed by atoms with Gasteiger partial charge in [-0.1, -0.05) is 15.9 Å². The van der Waals surface area contributed by atoms with Crippen LogP contribution in [0.15, 0.2) is 22.7 Å². The van der Waals surface area contributed by atoms with Gasteiger partial charge in [0.15, 0.2) is 0 Å². The lowest BCUT2D eigenvalue weighted by molar-refractivity contribution is 1.22. The van der Waals surface area contributed by atoms with E-state index < -0.39 is 0 Å². The summed E-state index contributed by atoms with van der Waals surface area (Å²) in [6, 6.07) is 5.75. The Labute approximate surface area is 90.9 Å². The highest BCUT2D eigenvalue weighted by atomic mass is 79.9. The molecule has 1 rings (SSSR count). The van der Waals surface area contributed by atoms with E-state index in [0.717, 1.165) is 15.7 Å². The van der Waals surface area contributed by atoms with Crippen molar-refractivity contribution < 1.29 is 0 Å². The molecule has 0 saturated carbocycles. The third-order valence-electron chi connectivity index (χ3n) is 1.58. The van der Waals surface area contributed by atoms with E-state index in [4.69, 9.17) is 17.0 Å². The van der Waals surface area contributed by atoms with Crippen LogP contribution in [-0.2, 0) is 0 Å². The zero-order valence-electron chi connectivity index (χ0n) is 6.98. The first-order valence-electron chi connectivity index (χ1n) is 3.88. The molecule has 0 saturated heterocycles. The average Bonchev–Trinajstić information content (AvgIpc) is 2.16. The van der Waals surface area contributed by atoms with Crippen molar-refractivity contribution in [3.8, 4) is 0 Å². The molecule has 4 heteroatoms. The fraction of sp³-hybridized carbons (Fsp3) is 0.222. The van der Waals surface area contributed by atoms with Crippen LogP contribution in [0.2, 0.25) is 0 Å². The van der Waals surface area contributed by atoms with E-state index in [0.29, 0.717) is 12.4 Å². The van der Waals surface area contributed by atoms with Gasteiger partial charge in [0, 0.05) is 34.4 Å². The summed E-state index contributed by atoms with van der Waals surface area (Å²) in [5.41, 5.74) is 1.80. The summed E-state index contributed by atoms with van der Waals surface area (Å²) in [6.07, 6.45) is 1.32. The highest BCUT2D eigenvalue weighted by molar-refractivity contribution is 9.10. The van der Waals surface area contributed by atoms with Gasteiger partial charge in [0.2, 0.25) is 0 Å². The van der Waals surface area contributed by atoms with E-state index in [1.165, 1.54) is 6.21 Å². The Morgan fingerprint density at radius 3 is 2.92 bits per heavy atom. The van der Waals surface area contributed by atoms with Crippen LogP contribution < -0.4 is 5.32 Å². The molecule has 0 fully saturated rings. The van der Waals surface area contributed by atoms with Crippen molar-refractivity contribution in [1.29, 1.82) is 5.41 Å². The van der Waals surface area contributed by atoms with Gasteiger partial charge < -0.3 is 10.7 Å². The van der Waals surface area contributed by atoms with E-state index in [1.54, 1.807) is 0 Å². The van der Waals surface area contributed by atoms with E-state index in [9.17, 15) is 0 Å². The van der Waals surface area contributed by atoms with E-state index in [2.05, 4.69) is 21.2 Å². The molecule has 0 atom stereocenters. The van der Waals surface area contributed by atoms with Gasteiger partial charge in [-0.15, -0.1) is 11.6 Å². The summed E-state index contributed by atoms with van der Waals surface area (Å²) in [5.74, 6) is 0.563. The standard InChI is InChI=1S/C9H10BrClN2/c10-8-1-2-9(13-4-3-11)7(5-8)6-12/h1-2,5-6,12-13H,3-4H2. The van der Waals surface area contributed by atoms with Gasteiger partial charge in [-0.25, -0.2) is 0 Å². The van der Waals surface area contributed by atoms with Crippen molar-refractivity contribution in [3.63, 3.8) is 0 Å². The normalized spacial score (nSPS) is 9.69. The van der Waals surface area contributed by atoms with Crippen LogP contribution in [0.4, 0.5) is 5.69 Å². The van der Waals surface area contributed by atoms with Gasteiger partial charge in [0.1, 0.15) is 0 Å². The smallest absolute Gasteiger partial charge is 0.0430 e. The molecule has 0 radical (unpaired) electrons. The Bertz CT molecular complexity index is 302. The molecule has 0 aromatic heterocycles. The Balaban J connectivity index is 2.86. The molecule has 13 heavy (non-hydrogen) atoms. The van der Waals surface area contributed by atoms with Crippen LogP contribution in [0.3, 0.4) is 0 Å². The average molecular weight is 262 g/mol. The maximum atomic E-state index is 7.20. The lowest BCUT2D eigenvalue weighted by Crippen LogP contribution is -2.04. The Hall–Kier alpha value is -0.540. The minimum atomic E-state index is 0.563. The molecule has 0 amide bonds. The van der Waals surface area contributed by atoms with E-state index in [1.807, 2.05) is 18.2 Å². The van der Waals surface area contributed by atoms with Gasteiger partial charge in [-0.05, 0) is 18.2 Å². The van der Waals surface area contributed by atoms with Gasteiger partial charge in [-0.3, -0.25) is 0 Å². The summed E-state index contributed by atoms with van der Waals surface area (Å²) < 4.78 is 0.974. The number of rotatable bonds is 4. The SMILES string of the molecule is N=Cc1cc(Br)ccc1NCCCl. The van der Waals surface area contributed by atoms with Crippen molar-refractivity contribution in [2.24, 2.45) is 0 Å². The highest BCUT2D eigenvalue weighted by Crippen LogP contribution is 2.19. The molecule has 1 aromatic rings. The summed E-state index contributed by atoms with van der Waals surface area (Å²) >= 11 is 8.90. The number of hydrogen-bond donors (Lipinski definition) is 2. The second-order valence-electron chi connectivity index (χ2n) is 2.49. The zero-order chi connectivity index (χ0) is 9.68. The largest absolute Gasteiger partial charge is 0.383 e. The topological polar surface area (TPSA) is 35.9 Å². The molecule has 0 bridgehead atoms. The molecule has 1 aromatic carbocycles. The highest BCUT2D eigenvalue weighted by Gasteiger charge is 1.99. The minimum absolute atomic E-state index is 0.563. The van der Waals surface area contributed by atoms with Crippen LogP contribution in [-0.4, -0.2) is 18.6 Å². The first-order valence-corrected chi connectivity index (χ1v) is 5.20. The molecule has 2 N–H and O–H groups in total. The second kappa shape index (κ2) is 5.25. The number of halogens is 2. The van der Waals surface area contributed by atoms with Gasteiger partial charge in [-0.2, -0.15) is 0 Å². The van der Waals surface area contributed by atoms with E-state index in [-0.39, 0.29) is 0 Å². The summed E-state index contributed by atoms with van der Waals surface area (Å²) in [6.45, 7) is 0.712. The Morgan fingerprint density at radius 2 is 2.31 bits per heavy atom. The first-order chi connectivity index (χ1) is 6.27. The molecule has 0 aliphatic carbocycles. The van der Waals surface area contributed by atoms with Crippen LogP contribution in [0.5, 0.6) is 0 Å². The van der Waals surface area contributed by atoms with Crippen LogP contribution >= 0.6 is 27.5 Å². The van der Waals surface area contributed by atoms with Crippen molar-refractivity contribution in [2.45, 2.75) is 0 Å². The molecule has 0 aliphatic rings. The third kappa shape index (κ3) is 3.01. The third-order valence-corrected chi connectivity index (χ3v) is 2.26. The molecular formula is C9H10BrClN2. The predicted octanol–water partition coefficient (Wildman–Crippen LogP) is 3.10. The lowest BCUT2D eigenvalue weighted by Gasteiger charge is -2.07. The molecule has 0 aliphatic heterocycles. The first kappa shape index (κ1) is 10.5. The van der Waals surface area contributed by atoms with Gasteiger partial charge in [0.05, 0.1) is 0 Å². The monoisotopic (exact) mass is 260 g/mol. The Morgan fingerprint density at radius 1 is 1.54 bits per heavy atom. The summed E-state index contributed by atoms with van der Waals surface area (Å²) in [7, 11) is 0. The van der Waals surface area contributed by atoms with Crippen LogP contribution in [0, 0.1) is 5.41 Å². The maximum Gasteiger partial charge on any atom is 0.0430 e. The number of nitrogens with one attached hydrogen (secondary N) is 2. The van der Waals surface area contributed by atoms with E-state index >= 15 is 0 Å². The van der Waals surface area contributed by atoms with Crippen molar-refractivity contribution in [2.75, 3.05) is 17.7 Å². The van der Waals surface area contributed by atoms with Crippen molar-refractivity contribution in [1.82, 2.24) is 0 Å². The number of hydrogen-bond acceptors (Lipinski definition) is 2. The number of anilines is 1. The summed E-state index contributed by atoms with van der Waals surface area (Å²) in [4.78, 5) is 0. The second-order valence-corrected chi connectivity index (χ2v) is 3.79. The number of benzene rings is 1. The predicted molar refractivity (Wildman–Crippen MR) is 61.2 cm³/mol. The fourth-order valence-corrected chi connectivity index (χ4v) is 1.47. The van der Waals surface area contributed by atoms with Crippen molar-refractivity contribution >= 4 is 39.4 Å². The summed E-state index contributed by atoms with van der Waals surface area (Å²) in [5, 5.41) is 10.3. The fourth-order valence-electron chi connectivity index (χ4n) is 0.996. The molecule has 70 valence electrons. The van der Waals surface area contributed by atoms with Gasteiger partial charge >= 0.3 is 0 Å². The quantitative estimate of drug-likeness (QED) is 0.634. The minimum Gasteiger partial charge on any atom is -0.383 e. The van der Waals surface area contributed by atoms with Crippen LogP contribution in [0.1, 0.15) is 5.56 Å².